The molecule has 0 saturated carbocycles. The number of nitrogens with one attached hydrogen (secondary N) is 1. The molecule has 0 aliphatic carbocycles. The molecule has 0 aromatic carbocycles. The van der Waals surface area contributed by atoms with E-state index in [1.165, 1.54) is 6.42 Å². The van der Waals surface area contributed by atoms with E-state index in [9.17, 15) is 4.79 Å². The van der Waals surface area contributed by atoms with Crippen molar-refractivity contribution in [3.05, 3.63) is 0 Å². The summed E-state index contributed by atoms with van der Waals surface area (Å²) in [4.78, 5) is 12.6. The van der Waals surface area contributed by atoms with Gasteiger partial charge in [-0.3, -0.25) is 4.79 Å². The number of hydrogen-bond donors (Lipinski definition) is 1. The van der Waals surface area contributed by atoms with Gasteiger partial charge >= 0.3 is 0 Å². The summed E-state index contributed by atoms with van der Waals surface area (Å²) in [6, 6.07) is 0.817. The largest absolute Gasteiger partial charge is 0.341 e. The molecule has 1 heterocycles. The van der Waals surface area contributed by atoms with Crippen molar-refractivity contribution in [2.75, 3.05) is 13.1 Å². The Hall–Kier alpha value is -0.570. The predicted molar refractivity (Wildman–Crippen MR) is 53.5 cm³/mol. The molecule has 1 rings (SSSR count). The second-order valence-electron chi connectivity index (χ2n) is 4.34. The highest BCUT2D eigenvalue weighted by Crippen LogP contribution is 2.13. The standard InChI is InChI=1S/C10H20N2O/c1-8(2)12(7-13)6-10-4-9(3)5-11-10/h7-11H,4-6H2,1-3H3. The van der Waals surface area contributed by atoms with Crippen LogP contribution in [0.5, 0.6) is 0 Å². The molecule has 1 amide bonds. The van der Waals surface area contributed by atoms with Gasteiger partial charge < -0.3 is 10.2 Å². The molecule has 3 heteroatoms. The van der Waals surface area contributed by atoms with Gasteiger partial charge in [0.15, 0.2) is 0 Å². The predicted octanol–water partition coefficient (Wildman–Crippen LogP) is 0.851. The lowest BCUT2D eigenvalue weighted by atomic mass is 10.1. The van der Waals surface area contributed by atoms with Crippen molar-refractivity contribution in [1.82, 2.24) is 10.2 Å². The first-order chi connectivity index (χ1) is 6.13. The monoisotopic (exact) mass is 184 g/mol. The third-order valence-electron chi connectivity index (χ3n) is 2.67. The molecule has 2 unspecified atom stereocenters. The van der Waals surface area contributed by atoms with Gasteiger partial charge in [-0.05, 0) is 32.7 Å². The van der Waals surface area contributed by atoms with Gasteiger partial charge in [0.05, 0.1) is 0 Å². The van der Waals surface area contributed by atoms with E-state index in [1.807, 2.05) is 18.7 Å². The van der Waals surface area contributed by atoms with Gasteiger partial charge in [0.25, 0.3) is 0 Å². The third kappa shape index (κ3) is 2.99. The molecule has 0 aromatic heterocycles. The highest BCUT2D eigenvalue weighted by Gasteiger charge is 2.22. The van der Waals surface area contributed by atoms with Gasteiger partial charge in [-0.1, -0.05) is 6.92 Å². The maximum Gasteiger partial charge on any atom is 0.209 e. The van der Waals surface area contributed by atoms with Crippen LogP contribution in [-0.4, -0.2) is 36.5 Å². The van der Waals surface area contributed by atoms with Crippen LogP contribution in [0.3, 0.4) is 0 Å². The maximum atomic E-state index is 10.7. The maximum absolute atomic E-state index is 10.7. The molecule has 13 heavy (non-hydrogen) atoms. The summed E-state index contributed by atoms with van der Waals surface area (Å²) >= 11 is 0. The van der Waals surface area contributed by atoms with Crippen molar-refractivity contribution in [2.45, 2.75) is 39.3 Å². The highest BCUT2D eigenvalue weighted by atomic mass is 16.1. The minimum absolute atomic E-state index is 0.315. The van der Waals surface area contributed by atoms with Crippen molar-refractivity contribution in [1.29, 1.82) is 0 Å². The van der Waals surface area contributed by atoms with Gasteiger partial charge in [0.1, 0.15) is 0 Å². The Morgan fingerprint density at radius 3 is 2.69 bits per heavy atom. The zero-order valence-electron chi connectivity index (χ0n) is 8.79. The summed E-state index contributed by atoms with van der Waals surface area (Å²) in [7, 11) is 0. The fourth-order valence-electron chi connectivity index (χ4n) is 1.79. The van der Waals surface area contributed by atoms with Crippen molar-refractivity contribution < 1.29 is 4.79 Å². The van der Waals surface area contributed by atoms with Crippen LogP contribution in [-0.2, 0) is 4.79 Å². The van der Waals surface area contributed by atoms with Crippen LogP contribution in [0.15, 0.2) is 0 Å². The van der Waals surface area contributed by atoms with E-state index in [0.29, 0.717) is 12.1 Å². The molecule has 1 N–H and O–H groups in total. The van der Waals surface area contributed by atoms with Gasteiger partial charge in [-0.15, -0.1) is 0 Å². The molecule has 0 aromatic rings. The molecule has 0 spiro atoms. The SMILES string of the molecule is CC1CNC(CN(C=O)C(C)C)C1. The van der Waals surface area contributed by atoms with Crippen molar-refractivity contribution in [3.63, 3.8) is 0 Å². The number of carbonyl (C=O) groups excluding carboxylic acids is 1. The van der Waals surface area contributed by atoms with E-state index in [2.05, 4.69) is 12.2 Å². The Morgan fingerprint density at radius 1 is 1.62 bits per heavy atom. The number of nitrogens with zero attached hydrogens (tertiary/aromatic N) is 1. The van der Waals surface area contributed by atoms with E-state index >= 15 is 0 Å². The zero-order chi connectivity index (χ0) is 9.84. The first-order valence-corrected chi connectivity index (χ1v) is 5.08. The van der Waals surface area contributed by atoms with E-state index in [1.54, 1.807) is 0 Å². The third-order valence-corrected chi connectivity index (χ3v) is 2.67. The summed E-state index contributed by atoms with van der Waals surface area (Å²) < 4.78 is 0. The van der Waals surface area contributed by atoms with E-state index in [4.69, 9.17) is 0 Å². The number of hydrogen-bond acceptors (Lipinski definition) is 2. The van der Waals surface area contributed by atoms with Gasteiger partial charge in [-0.2, -0.15) is 0 Å². The van der Waals surface area contributed by atoms with Crippen LogP contribution >= 0.6 is 0 Å². The molecule has 1 fully saturated rings. The van der Waals surface area contributed by atoms with Crippen LogP contribution in [0.25, 0.3) is 0 Å². The van der Waals surface area contributed by atoms with Crippen LogP contribution in [0.4, 0.5) is 0 Å². The Kier molecular flexibility index (Phi) is 3.72. The van der Waals surface area contributed by atoms with Crippen molar-refractivity contribution in [3.8, 4) is 0 Å². The first kappa shape index (κ1) is 10.5. The lowest BCUT2D eigenvalue weighted by Gasteiger charge is -2.25. The fourth-order valence-corrected chi connectivity index (χ4v) is 1.79. The molecular weight excluding hydrogens is 164 g/mol. The Bertz CT molecular complexity index is 170. The number of amides is 1. The normalized spacial score (nSPS) is 28.0. The topological polar surface area (TPSA) is 32.3 Å². The summed E-state index contributed by atoms with van der Waals surface area (Å²) in [6.07, 6.45) is 2.15. The van der Waals surface area contributed by atoms with E-state index in [-0.39, 0.29) is 0 Å². The molecule has 1 aliphatic heterocycles. The lowest BCUT2D eigenvalue weighted by Crippen LogP contribution is -2.40. The molecular formula is C10H20N2O. The first-order valence-electron chi connectivity index (χ1n) is 5.08. The van der Waals surface area contributed by atoms with Crippen molar-refractivity contribution in [2.24, 2.45) is 5.92 Å². The number of carbonyl (C=O) groups is 1. The van der Waals surface area contributed by atoms with Crippen LogP contribution in [0.2, 0.25) is 0 Å². The molecule has 1 aliphatic rings. The lowest BCUT2D eigenvalue weighted by molar-refractivity contribution is -0.119. The zero-order valence-corrected chi connectivity index (χ0v) is 8.79. The summed E-state index contributed by atoms with van der Waals surface area (Å²) in [6.45, 7) is 8.29. The molecule has 1 saturated heterocycles. The number of rotatable bonds is 4. The molecule has 76 valence electrons. The van der Waals surface area contributed by atoms with Crippen molar-refractivity contribution >= 4 is 6.41 Å². The van der Waals surface area contributed by atoms with Crippen LogP contribution < -0.4 is 5.32 Å². The average molecular weight is 184 g/mol. The molecule has 3 nitrogen and oxygen atoms in total. The minimum atomic E-state index is 0.315. The summed E-state index contributed by atoms with van der Waals surface area (Å²) in [5.41, 5.74) is 0. The van der Waals surface area contributed by atoms with Crippen LogP contribution in [0.1, 0.15) is 27.2 Å². The quantitative estimate of drug-likeness (QED) is 0.657. The average Bonchev–Trinajstić information content (AvgIpc) is 2.46. The Morgan fingerprint density at radius 2 is 2.31 bits per heavy atom. The van der Waals surface area contributed by atoms with E-state index in [0.717, 1.165) is 25.4 Å². The minimum Gasteiger partial charge on any atom is -0.341 e. The van der Waals surface area contributed by atoms with Crippen LogP contribution in [0, 0.1) is 5.92 Å². The Labute approximate surface area is 80.5 Å². The van der Waals surface area contributed by atoms with Gasteiger partial charge in [0, 0.05) is 18.6 Å². The molecule has 0 radical (unpaired) electrons. The Balaban J connectivity index is 2.34. The molecule has 2 atom stereocenters. The summed E-state index contributed by atoms with van der Waals surface area (Å²) in [5.74, 6) is 0.755. The van der Waals surface area contributed by atoms with Gasteiger partial charge in [0.2, 0.25) is 6.41 Å². The fraction of sp³-hybridized carbons (Fsp3) is 0.900. The second kappa shape index (κ2) is 4.61. The highest BCUT2D eigenvalue weighted by molar-refractivity contribution is 5.47. The smallest absolute Gasteiger partial charge is 0.209 e. The van der Waals surface area contributed by atoms with Gasteiger partial charge in [-0.25, -0.2) is 0 Å². The molecule has 0 bridgehead atoms. The van der Waals surface area contributed by atoms with E-state index < -0.39 is 0 Å². The second-order valence-corrected chi connectivity index (χ2v) is 4.34. The summed E-state index contributed by atoms with van der Waals surface area (Å²) in [5, 5.41) is 3.43.